The maximum absolute atomic E-state index is 3.55. The van der Waals surface area contributed by atoms with Crippen LogP contribution in [0.3, 0.4) is 0 Å². The van der Waals surface area contributed by atoms with E-state index in [9.17, 15) is 0 Å². The first-order valence-corrected chi connectivity index (χ1v) is 7.82. The van der Waals surface area contributed by atoms with Crippen molar-refractivity contribution in [3.05, 3.63) is 0 Å². The van der Waals surface area contributed by atoms with Gasteiger partial charge in [0, 0.05) is 24.4 Å². The van der Waals surface area contributed by atoms with Crippen LogP contribution < -0.4 is 5.32 Å². The fourth-order valence-electron chi connectivity index (χ4n) is 2.12. The summed E-state index contributed by atoms with van der Waals surface area (Å²) in [6.07, 6.45) is 1.36. The summed E-state index contributed by atoms with van der Waals surface area (Å²) in [7, 11) is 0. The Bertz CT molecular complexity index is 177. The van der Waals surface area contributed by atoms with Crippen LogP contribution in [-0.2, 0) is 0 Å². The van der Waals surface area contributed by atoms with Crippen molar-refractivity contribution in [1.29, 1.82) is 0 Å². The smallest absolute Gasteiger partial charge is 0.0105 e. The van der Waals surface area contributed by atoms with Crippen molar-refractivity contribution in [2.45, 2.75) is 46.2 Å². The lowest BCUT2D eigenvalue weighted by molar-refractivity contribution is 0.170. The van der Waals surface area contributed by atoms with Crippen molar-refractivity contribution in [2.24, 2.45) is 5.92 Å². The molecule has 1 rings (SSSR count). The first kappa shape index (κ1) is 14.3. The summed E-state index contributed by atoms with van der Waals surface area (Å²) in [6, 6.07) is 1.32. The summed E-state index contributed by atoms with van der Waals surface area (Å²) in [5, 5.41) is 3.55. The van der Waals surface area contributed by atoms with E-state index >= 15 is 0 Å². The molecule has 0 aromatic carbocycles. The fourth-order valence-corrected chi connectivity index (χ4v) is 3.03. The van der Waals surface area contributed by atoms with Crippen LogP contribution in [0, 0.1) is 5.92 Å². The molecule has 0 bridgehead atoms. The molecule has 1 heterocycles. The molecule has 0 radical (unpaired) electrons. The van der Waals surface area contributed by atoms with Crippen LogP contribution in [0.5, 0.6) is 0 Å². The van der Waals surface area contributed by atoms with Crippen molar-refractivity contribution < 1.29 is 0 Å². The van der Waals surface area contributed by atoms with E-state index in [4.69, 9.17) is 0 Å². The third-order valence-electron chi connectivity index (χ3n) is 3.50. The Morgan fingerprint density at radius 3 is 2.56 bits per heavy atom. The average molecular weight is 244 g/mol. The van der Waals surface area contributed by atoms with Gasteiger partial charge in [-0.05, 0) is 38.1 Å². The van der Waals surface area contributed by atoms with Crippen LogP contribution in [0.2, 0.25) is 0 Å². The van der Waals surface area contributed by atoms with Gasteiger partial charge in [-0.3, -0.25) is 4.90 Å². The number of hydrogen-bond acceptors (Lipinski definition) is 3. The monoisotopic (exact) mass is 244 g/mol. The van der Waals surface area contributed by atoms with E-state index in [0.29, 0.717) is 12.1 Å². The van der Waals surface area contributed by atoms with Gasteiger partial charge in [-0.15, -0.1) is 0 Å². The molecule has 1 aliphatic heterocycles. The second-order valence-electron chi connectivity index (χ2n) is 5.28. The SMILES string of the molecule is CC(C)NCC(C)C(C)N1CCCSCC1. The molecular weight excluding hydrogens is 216 g/mol. The Hall–Kier alpha value is 0.270. The van der Waals surface area contributed by atoms with E-state index in [1.165, 1.54) is 31.0 Å². The molecule has 1 N–H and O–H groups in total. The van der Waals surface area contributed by atoms with Crippen molar-refractivity contribution in [3.8, 4) is 0 Å². The van der Waals surface area contributed by atoms with Crippen LogP contribution in [-0.4, -0.2) is 48.1 Å². The van der Waals surface area contributed by atoms with Gasteiger partial charge in [0.05, 0.1) is 0 Å². The lowest BCUT2D eigenvalue weighted by atomic mass is 10.0. The zero-order chi connectivity index (χ0) is 12.0. The van der Waals surface area contributed by atoms with Gasteiger partial charge >= 0.3 is 0 Å². The summed E-state index contributed by atoms with van der Waals surface area (Å²) in [6.45, 7) is 12.9. The molecule has 2 atom stereocenters. The Morgan fingerprint density at radius 1 is 1.12 bits per heavy atom. The largest absolute Gasteiger partial charge is 0.314 e. The van der Waals surface area contributed by atoms with Crippen LogP contribution >= 0.6 is 11.8 Å². The van der Waals surface area contributed by atoms with E-state index < -0.39 is 0 Å². The Balaban J connectivity index is 2.32. The first-order chi connectivity index (χ1) is 7.61. The van der Waals surface area contributed by atoms with Gasteiger partial charge in [0.1, 0.15) is 0 Å². The second-order valence-corrected chi connectivity index (χ2v) is 6.51. The van der Waals surface area contributed by atoms with Crippen molar-refractivity contribution in [1.82, 2.24) is 10.2 Å². The van der Waals surface area contributed by atoms with Gasteiger partial charge in [-0.25, -0.2) is 0 Å². The molecule has 1 saturated heterocycles. The minimum Gasteiger partial charge on any atom is -0.314 e. The molecule has 1 aliphatic rings. The molecule has 0 spiro atoms. The van der Waals surface area contributed by atoms with E-state index in [0.717, 1.165) is 12.5 Å². The van der Waals surface area contributed by atoms with Crippen LogP contribution in [0.25, 0.3) is 0 Å². The predicted octanol–water partition coefficient (Wildman–Crippen LogP) is 2.45. The molecule has 0 aromatic heterocycles. The van der Waals surface area contributed by atoms with Crippen molar-refractivity contribution >= 4 is 11.8 Å². The van der Waals surface area contributed by atoms with Crippen LogP contribution in [0.15, 0.2) is 0 Å². The Kier molecular flexibility index (Phi) is 6.78. The number of thioether (sulfide) groups is 1. The van der Waals surface area contributed by atoms with Gasteiger partial charge in [0.25, 0.3) is 0 Å². The molecule has 96 valence electrons. The normalized spacial score (nSPS) is 23.1. The van der Waals surface area contributed by atoms with Crippen molar-refractivity contribution in [3.63, 3.8) is 0 Å². The molecule has 16 heavy (non-hydrogen) atoms. The van der Waals surface area contributed by atoms with Gasteiger partial charge in [0.15, 0.2) is 0 Å². The molecule has 2 nitrogen and oxygen atoms in total. The number of hydrogen-bond donors (Lipinski definition) is 1. The van der Waals surface area contributed by atoms with E-state index in [1.807, 2.05) is 0 Å². The van der Waals surface area contributed by atoms with Crippen LogP contribution in [0.4, 0.5) is 0 Å². The standard InChI is InChI=1S/C13H28N2S/c1-11(2)14-10-12(3)13(4)15-6-5-8-16-9-7-15/h11-14H,5-10H2,1-4H3. The summed E-state index contributed by atoms with van der Waals surface area (Å²) in [5.74, 6) is 3.40. The minimum absolute atomic E-state index is 0.606. The molecule has 0 aromatic rings. The lowest BCUT2D eigenvalue weighted by Gasteiger charge is -2.32. The highest BCUT2D eigenvalue weighted by Gasteiger charge is 2.20. The van der Waals surface area contributed by atoms with E-state index in [-0.39, 0.29) is 0 Å². The zero-order valence-corrected chi connectivity index (χ0v) is 12.1. The second kappa shape index (κ2) is 7.57. The van der Waals surface area contributed by atoms with Crippen molar-refractivity contribution in [2.75, 3.05) is 31.1 Å². The Labute approximate surface area is 106 Å². The summed E-state index contributed by atoms with van der Waals surface area (Å²) in [5.41, 5.74) is 0. The molecule has 1 fully saturated rings. The maximum Gasteiger partial charge on any atom is 0.0105 e. The van der Waals surface area contributed by atoms with Gasteiger partial charge in [-0.1, -0.05) is 20.8 Å². The number of nitrogens with zero attached hydrogens (tertiary/aromatic N) is 1. The highest BCUT2D eigenvalue weighted by molar-refractivity contribution is 7.99. The topological polar surface area (TPSA) is 15.3 Å². The first-order valence-electron chi connectivity index (χ1n) is 6.66. The summed E-state index contributed by atoms with van der Waals surface area (Å²) in [4.78, 5) is 2.67. The van der Waals surface area contributed by atoms with Gasteiger partial charge in [-0.2, -0.15) is 11.8 Å². The average Bonchev–Trinajstić information content (AvgIpc) is 2.53. The quantitative estimate of drug-likeness (QED) is 0.800. The fraction of sp³-hybridized carbons (Fsp3) is 1.00. The maximum atomic E-state index is 3.55. The Morgan fingerprint density at radius 2 is 1.88 bits per heavy atom. The highest BCUT2D eigenvalue weighted by Crippen LogP contribution is 2.16. The molecule has 0 saturated carbocycles. The zero-order valence-electron chi connectivity index (χ0n) is 11.3. The third-order valence-corrected chi connectivity index (χ3v) is 4.55. The summed E-state index contributed by atoms with van der Waals surface area (Å²) >= 11 is 2.11. The molecule has 0 aliphatic carbocycles. The highest BCUT2D eigenvalue weighted by atomic mass is 32.2. The predicted molar refractivity (Wildman–Crippen MR) is 75.3 cm³/mol. The number of rotatable bonds is 5. The van der Waals surface area contributed by atoms with E-state index in [2.05, 4.69) is 49.7 Å². The lowest BCUT2D eigenvalue weighted by Crippen LogP contribution is -2.43. The number of nitrogens with one attached hydrogen (secondary N) is 1. The van der Waals surface area contributed by atoms with E-state index in [1.54, 1.807) is 0 Å². The van der Waals surface area contributed by atoms with Crippen LogP contribution in [0.1, 0.15) is 34.1 Å². The summed E-state index contributed by atoms with van der Waals surface area (Å²) < 4.78 is 0. The molecule has 3 heteroatoms. The molecule has 2 unspecified atom stereocenters. The third kappa shape index (κ3) is 5.07. The molecule has 0 amide bonds. The minimum atomic E-state index is 0.606. The molecular formula is C13H28N2S. The van der Waals surface area contributed by atoms with Gasteiger partial charge in [0.2, 0.25) is 0 Å². The van der Waals surface area contributed by atoms with Gasteiger partial charge < -0.3 is 5.32 Å².